The fourth-order valence-electron chi connectivity index (χ4n) is 2.99. The Morgan fingerprint density at radius 2 is 2.03 bits per heavy atom. The summed E-state index contributed by atoms with van der Waals surface area (Å²) in [6.07, 6.45) is 1.26. The Balaban J connectivity index is 1.68. The molecule has 33 heavy (non-hydrogen) atoms. The number of non-ortho nitro benzene ring substituents is 1. The van der Waals surface area contributed by atoms with Crippen LogP contribution in [0.1, 0.15) is 18.9 Å². The first-order valence-corrected chi connectivity index (χ1v) is 10.9. The number of aromatic nitrogens is 3. The second-order valence-electron chi connectivity index (χ2n) is 6.80. The number of hydrogen-bond donors (Lipinski definition) is 1. The summed E-state index contributed by atoms with van der Waals surface area (Å²) >= 11 is 1.19. The van der Waals surface area contributed by atoms with E-state index in [-0.39, 0.29) is 17.3 Å². The van der Waals surface area contributed by atoms with Crippen molar-refractivity contribution in [3.05, 3.63) is 77.1 Å². The molecule has 1 atom stereocenters. The molecule has 0 bridgehead atoms. The molecule has 1 N–H and O–H groups in total. The van der Waals surface area contributed by atoms with E-state index in [1.807, 2.05) is 23.6 Å². The first kappa shape index (κ1) is 23.8. The lowest BCUT2D eigenvalue weighted by Crippen LogP contribution is -2.15. The number of anilines is 1. The first-order chi connectivity index (χ1) is 15.9. The molecule has 0 aliphatic heterocycles. The fraction of sp³-hybridized carbons (Fsp3) is 0.227. The number of nitrogens with one attached hydrogen (secondary N) is 1. The number of amides is 1. The topological polar surface area (TPSA) is 121 Å². The zero-order chi connectivity index (χ0) is 23.8. The minimum atomic E-state index is -0.516. The van der Waals surface area contributed by atoms with Gasteiger partial charge in [-0.15, -0.1) is 16.8 Å². The van der Waals surface area contributed by atoms with E-state index in [0.717, 1.165) is 0 Å². The van der Waals surface area contributed by atoms with E-state index in [1.54, 1.807) is 31.4 Å². The van der Waals surface area contributed by atoms with Gasteiger partial charge in [-0.3, -0.25) is 19.5 Å². The number of nitro groups is 1. The minimum Gasteiger partial charge on any atom is -0.493 e. The molecule has 0 saturated heterocycles. The highest BCUT2D eigenvalue weighted by Crippen LogP contribution is 2.31. The molecule has 0 radical (unpaired) electrons. The van der Waals surface area contributed by atoms with Gasteiger partial charge in [-0.25, -0.2) is 0 Å². The summed E-state index contributed by atoms with van der Waals surface area (Å²) < 4.78 is 13.2. The van der Waals surface area contributed by atoms with Crippen LogP contribution in [0.3, 0.4) is 0 Å². The van der Waals surface area contributed by atoms with Crippen LogP contribution in [-0.4, -0.2) is 38.5 Å². The van der Waals surface area contributed by atoms with Crippen molar-refractivity contribution in [1.29, 1.82) is 0 Å². The maximum atomic E-state index is 12.4. The lowest BCUT2D eigenvalue weighted by atomic mass is 10.3. The quantitative estimate of drug-likeness (QED) is 0.191. The van der Waals surface area contributed by atoms with Crippen LogP contribution < -0.4 is 14.8 Å². The predicted molar refractivity (Wildman–Crippen MR) is 125 cm³/mol. The van der Waals surface area contributed by atoms with E-state index >= 15 is 0 Å². The first-order valence-electron chi connectivity index (χ1n) is 9.93. The summed E-state index contributed by atoms with van der Waals surface area (Å²) in [6.45, 7) is 6.06. The molecular weight excluding hydrogens is 446 g/mol. The fourth-order valence-corrected chi connectivity index (χ4v) is 3.75. The van der Waals surface area contributed by atoms with Gasteiger partial charge in [-0.2, -0.15) is 0 Å². The zero-order valence-electron chi connectivity index (χ0n) is 18.1. The van der Waals surface area contributed by atoms with E-state index in [1.165, 1.54) is 30.0 Å². The molecule has 0 aliphatic carbocycles. The third-order valence-electron chi connectivity index (χ3n) is 4.47. The number of nitrogens with zero attached hydrogens (tertiary/aromatic N) is 4. The van der Waals surface area contributed by atoms with Gasteiger partial charge in [0.2, 0.25) is 5.91 Å². The molecule has 3 aromatic rings. The van der Waals surface area contributed by atoms with Gasteiger partial charge >= 0.3 is 0 Å². The minimum absolute atomic E-state index is 0.0414. The summed E-state index contributed by atoms with van der Waals surface area (Å²) in [6, 6.07) is 13.1. The highest BCUT2D eigenvalue weighted by molar-refractivity contribution is 7.99. The number of para-hydroxylation sites is 2. The van der Waals surface area contributed by atoms with Crippen molar-refractivity contribution in [3.63, 3.8) is 0 Å². The highest BCUT2D eigenvalue weighted by atomic mass is 32.2. The Kier molecular flexibility index (Phi) is 8.03. The monoisotopic (exact) mass is 469 g/mol. The van der Waals surface area contributed by atoms with Crippen LogP contribution in [-0.2, 0) is 11.3 Å². The predicted octanol–water partition coefficient (Wildman–Crippen LogP) is 4.25. The number of carbonyl (C=O) groups is 1. The smallest absolute Gasteiger partial charge is 0.271 e. The summed E-state index contributed by atoms with van der Waals surface area (Å²) in [5.74, 6) is 1.47. The Morgan fingerprint density at radius 1 is 1.27 bits per heavy atom. The van der Waals surface area contributed by atoms with E-state index in [9.17, 15) is 14.9 Å². The number of hydrogen-bond acceptors (Lipinski definition) is 8. The normalized spacial score (nSPS) is 11.5. The molecule has 172 valence electrons. The van der Waals surface area contributed by atoms with E-state index in [2.05, 4.69) is 22.1 Å². The van der Waals surface area contributed by atoms with Crippen molar-refractivity contribution in [2.24, 2.45) is 0 Å². The second-order valence-corrected chi connectivity index (χ2v) is 7.74. The van der Waals surface area contributed by atoms with Crippen molar-refractivity contribution in [2.75, 3.05) is 18.2 Å². The molecule has 2 aromatic carbocycles. The summed E-state index contributed by atoms with van der Waals surface area (Å²) in [7, 11) is 1.57. The molecule has 10 nitrogen and oxygen atoms in total. The van der Waals surface area contributed by atoms with Gasteiger partial charge in [0.25, 0.3) is 5.69 Å². The third-order valence-corrected chi connectivity index (χ3v) is 5.43. The number of methoxy groups -OCH3 is 1. The highest BCUT2D eigenvalue weighted by Gasteiger charge is 2.21. The molecular formula is C22H23N5O5S. The van der Waals surface area contributed by atoms with Crippen LogP contribution in [0.25, 0.3) is 0 Å². The van der Waals surface area contributed by atoms with Crippen LogP contribution >= 0.6 is 11.8 Å². The van der Waals surface area contributed by atoms with Gasteiger partial charge < -0.3 is 14.8 Å². The lowest BCUT2D eigenvalue weighted by Gasteiger charge is -2.17. The van der Waals surface area contributed by atoms with Crippen molar-refractivity contribution in [3.8, 4) is 11.5 Å². The molecule has 3 rings (SSSR count). The van der Waals surface area contributed by atoms with E-state index in [4.69, 9.17) is 9.47 Å². The molecule has 0 spiro atoms. The van der Waals surface area contributed by atoms with E-state index < -0.39 is 11.0 Å². The van der Waals surface area contributed by atoms with Crippen molar-refractivity contribution >= 4 is 29.0 Å². The number of benzene rings is 2. The van der Waals surface area contributed by atoms with E-state index in [0.29, 0.717) is 34.7 Å². The van der Waals surface area contributed by atoms with Crippen molar-refractivity contribution < 1.29 is 19.2 Å². The molecule has 1 unspecified atom stereocenters. The number of rotatable bonds is 11. The number of ether oxygens (including phenoxy) is 2. The summed E-state index contributed by atoms with van der Waals surface area (Å²) in [5, 5.41) is 22.5. The number of thioether (sulfide) groups is 1. The van der Waals surface area contributed by atoms with Crippen LogP contribution in [0.5, 0.6) is 11.5 Å². The van der Waals surface area contributed by atoms with Gasteiger partial charge in [0.15, 0.2) is 28.6 Å². The maximum Gasteiger partial charge on any atom is 0.271 e. The van der Waals surface area contributed by atoms with Crippen LogP contribution in [0.15, 0.2) is 66.3 Å². The van der Waals surface area contributed by atoms with Crippen LogP contribution in [0, 0.1) is 10.1 Å². The molecule has 1 aromatic heterocycles. The molecule has 0 saturated carbocycles. The van der Waals surface area contributed by atoms with Gasteiger partial charge in [-0.1, -0.05) is 36.0 Å². The van der Waals surface area contributed by atoms with Gasteiger partial charge in [-0.05, 0) is 25.1 Å². The Bertz CT molecular complexity index is 1150. The standard InChI is InChI=1S/C22H23N5O5S/c1-4-12-26-21(15(2)32-19-11-6-5-10-18(19)31-3)24-25-22(26)33-14-20(28)23-16-8-7-9-17(13-16)27(29)30/h4-11,13,15H,1,12,14H2,2-3H3,(H,23,28). The Morgan fingerprint density at radius 3 is 2.73 bits per heavy atom. The lowest BCUT2D eigenvalue weighted by molar-refractivity contribution is -0.384. The van der Waals surface area contributed by atoms with Crippen molar-refractivity contribution in [1.82, 2.24) is 14.8 Å². The Hall–Kier alpha value is -3.86. The second kappa shape index (κ2) is 11.1. The third kappa shape index (κ3) is 6.10. The summed E-state index contributed by atoms with van der Waals surface area (Å²) in [5.41, 5.74) is 0.252. The van der Waals surface area contributed by atoms with Gasteiger partial charge in [0.05, 0.1) is 17.8 Å². The van der Waals surface area contributed by atoms with Crippen LogP contribution in [0.2, 0.25) is 0 Å². The zero-order valence-corrected chi connectivity index (χ0v) is 18.9. The Labute approximate surface area is 194 Å². The summed E-state index contributed by atoms with van der Waals surface area (Å²) in [4.78, 5) is 22.8. The molecule has 1 amide bonds. The average Bonchev–Trinajstić information content (AvgIpc) is 3.21. The van der Waals surface area contributed by atoms with Gasteiger partial charge in [0.1, 0.15) is 0 Å². The maximum absolute atomic E-state index is 12.4. The largest absolute Gasteiger partial charge is 0.493 e. The molecule has 0 fully saturated rings. The molecule has 0 aliphatic rings. The van der Waals surface area contributed by atoms with Crippen molar-refractivity contribution in [2.45, 2.75) is 24.7 Å². The SMILES string of the molecule is C=CCn1c(SCC(=O)Nc2cccc([N+](=O)[O-])c2)nnc1C(C)Oc1ccccc1OC. The van der Waals surface area contributed by atoms with Crippen LogP contribution in [0.4, 0.5) is 11.4 Å². The van der Waals surface area contributed by atoms with Gasteiger partial charge in [0, 0.05) is 24.4 Å². The number of carbonyl (C=O) groups excluding carboxylic acids is 1. The molecule has 11 heteroatoms. The number of allylic oxidation sites excluding steroid dienone is 1. The number of nitro benzene ring substituents is 1. The average molecular weight is 470 g/mol. The molecule has 1 heterocycles.